The Balaban J connectivity index is 2.19. The molecule has 1 aliphatic rings. The van der Waals surface area contributed by atoms with Gasteiger partial charge in [-0.05, 0) is 31.6 Å². The largest absolute Gasteiger partial charge is 0.396 e. The molecule has 11 heavy (non-hydrogen) atoms. The number of aliphatic hydroxyl groups excluding tert-OH is 1. The summed E-state index contributed by atoms with van der Waals surface area (Å²) in [5, 5.41) is 8.60. The first-order chi connectivity index (χ1) is 5.34. The summed E-state index contributed by atoms with van der Waals surface area (Å²) in [7, 11) is 0. The second-order valence-corrected chi connectivity index (χ2v) is 3.13. The molecule has 0 aromatic heterocycles. The highest BCUT2D eigenvalue weighted by atomic mass is 16.2. The van der Waals surface area contributed by atoms with E-state index in [1.54, 1.807) is 0 Å². The van der Waals surface area contributed by atoms with Crippen LogP contribution in [0.5, 0.6) is 0 Å². The van der Waals surface area contributed by atoms with Gasteiger partial charge in [-0.1, -0.05) is 24.3 Å². The molecular formula is C10H16O. The van der Waals surface area contributed by atoms with E-state index in [1.807, 2.05) is 0 Å². The lowest BCUT2D eigenvalue weighted by atomic mass is 9.95. The van der Waals surface area contributed by atoms with Crippen LogP contribution in [-0.4, -0.2) is 11.7 Å². The molecule has 1 nitrogen and oxygen atoms in total. The molecule has 0 atom stereocenters. The summed E-state index contributed by atoms with van der Waals surface area (Å²) in [5.41, 5.74) is 1.31. The fourth-order valence-corrected chi connectivity index (χ4v) is 1.46. The Hall–Kier alpha value is -0.560. The molecule has 0 aliphatic heterocycles. The number of rotatable bonds is 4. The Morgan fingerprint density at radius 3 is 2.64 bits per heavy atom. The van der Waals surface area contributed by atoms with E-state index in [1.165, 1.54) is 5.57 Å². The Labute approximate surface area is 68.4 Å². The lowest BCUT2D eigenvalue weighted by molar-refractivity contribution is 0.287. The lowest BCUT2D eigenvalue weighted by Crippen LogP contribution is -1.98. The van der Waals surface area contributed by atoms with Crippen LogP contribution in [0, 0.1) is 5.92 Å². The van der Waals surface area contributed by atoms with Crippen LogP contribution in [0.15, 0.2) is 24.3 Å². The van der Waals surface area contributed by atoms with Crippen molar-refractivity contribution in [3.05, 3.63) is 24.3 Å². The highest BCUT2D eigenvalue weighted by Gasteiger charge is 2.12. The van der Waals surface area contributed by atoms with Crippen LogP contribution in [0.2, 0.25) is 0 Å². The van der Waals surface area contributed by atoms with Gasteiger partial charge in [0.15, 0.2) is 0 Å². The maximum absolute atomic E-state index is 8.60. The second-order valence-electron chi connectivity index (χ2n) is 3.13. The number of allylic oxidation sites excluding steroid dienone is 3. The van der Waals surface area contributed by atoms with Gasteiger partial charge in [0.2, 0.25) is 0 Å². The molecule has 0 bridgehead atoms. The molecule has 0 aromatic rings. The lowest BCUT2D eigenvalue weighted by Gasteiger charge is -2.11. The van der Waals surface area contributed by atoms with Crippen molar-refractivity contribution in [1.29, 1.82) is 0 Å². The Bertz CT molecular complexity index is 150. The quantitative estimate of drug-likeness (QED) is 0.613. The Morgan fingerprint density at radius 2 is 2.09 bits per heavy atom. The highest BCUT2D eigenvalue weighted by molar-refractivity contribution is 5.10. The fourth-order valence-electron chi connectivity index (χ4n) is 1.46. The third kappa shape index (κ3) is 2.51. The van der Waals surface area contributed by atoms with Crippen molar-refractivity contribution >= 4 is 0 Å². The van der Waals surface area contributed by atoms with Crippen molar-refractivity contribution < 1.29 is 5.11 Å². The zero-order valence-electron chi connectivity index (χ0n) is 6.92. The first-order valence-electron chi connectivity index (χ1n) is 4.28. The van der Waals surface area contributed by atoms with Gasteiger partial charge in [-0.2, -0.15) is 0 Å². The number of hydrogen-bond donors (Lipinski definition) is 1. The van der Waals surface area contributed by atoms with E-state index in [-0.39, 0.29) is 0 Å². The van der Waals surface area contributed by atoms with E-state index in [0.717, 1.165) is 25.7 Å². The average Bonchev–Trinajstić information content (AvgIpc) is 2.52. The number of hydrogen-bond acceptors (Lipinski definition) is 1. The van der Waals surface area contributed by atoms with Gasteiger partial charge in [0.05, 0.1) is 0 Å². The van der Waals surface area contributed by atoms with Gasteiger partial charge in [-0.3, -0.25) is 0 Å². The molecule has 62 valence electrons. The van der Waals surface area contributed by atoms with Crippen molar-refractivity contribution in [3.8, 4) is 0 Å². The smallest absolute Gasteiger partial charge is 0.0434 e. The third-order valence-electron chi connectivity index (χ3n) is 2.24. The van der Waals surface area contributed by atoms with Crippen LogP contribution in [0.4, 0.5) is 0 Å². The van der Waals surface area contributed by atoms with Crippen LogP contribution >= 0.6 is 0 Å². The SMILES string of the molecule is C=C(CCCO)C1CC=CC1. The van der Waals surface area contributed by atoms with Gasteiger partial charge in [-0.25, -0.2) is 0 Å². The summed E-state index contributed by atoms with van der Waals surface area (Å²) >= 11 is 0. The molecule has 1 heteroatoms. The summed E-state index contributed by atoms with van der Waals surface area (Å²) in [6, 6.07) is 0. The molecule has 0 heterocycles. The maximum atomic E-state index is 8.60. The highest BCUT2D eigenvalue weighted by Crippen LogP contribution is 2.27. The molecule has 0 amide bonds. The normalized spacial score (nSPS) is 17.5. The first-order valence-corrected chi connectivity index (χ1v) is 4.28. The van der Waals surface area contributed by atoms with Crippen LogP contribution in [0.3, 0.4) is 0 Å². The minimum atomic E-state index is 0.291. The molecule has 0 radical (unpaired) electrons. The van der Waals surface area contributed by atoms with Crippen molar-refractivity contribution in [3.63, 3.8) is 0 Å². The Morgan fingerprint density at radius 1 is 1.45 bits per heavy atom. The van der Waals surface area contributed by atoms with Gasteiger partial charge in [0, 0.05) is 6.61 Å². The van der Waals surface area contributed by atoms with Crippen LogP contribution in [0.25, 0.3) is 0 Å². The second kappa shape index (κ2) is 4.35. The summed E-state index contributed by atoms with van der Waals surface area (Å²) in [6.45, 7) is 4.31. The molecule has 1 N–H and O–H groups in total. The standard InChI is InChI=1S/C10H16O/c1-9(5-4-8-11)10-6-2-3-7-10/h2-3,10-11H,1,4-8H2. The van der Waals surface area contributed by atoms with E-state index in [4.69, 9.17) is 5.11 Å². The fraction of sp³-hybridized carbons (Fsp3) is 0.600. The molecule has 0 aromatic carbocycles. The van der Waals surface area contributed by atoms with E-state index in [9.17, 15) is 0 Å². The zero-order valence-corrected chi connectivity index (χ0v) is 6.92. The molecule has 1 aliphatic carbocycles. The third-order valence-corrected chi connectivity index (χ3v) is 2.24. The first kappa shape index (κ1) is 8.54. The number of aliphatic hydroxyl groups is 1. The predicted octanol–water partition coefficient (Wildman–Crippen LogP) is 2.28. The molecule has 0 spiro atoms. The molecule has 0 saturated heterocycles. The molecule has 0 fully saturated rings. The van der Waals surface area contributed by atoms with E-state index >= 15 is 0 Å². The topological polar surface area (TPSA) is 20.2 Å². The van der Waals surface area contributed by atoms with Crippen molar-refractivity contribution in [2.24, 2.45) is 5.92 Å². The monoisotopic (exact) mass is 152 g/mol. The predicted molar refractivity (Wildman–Crippen MR) is 47.3 cm³/mol. The van der Waals surface area contributed by atoms with Crippen molar-refractivity contribution in [2.75, 3.05) is 6.61 Å². The van der Waals surface area contributed by atoms with E-state index in [2.05, 4.69) is 18.7 Å². The van der Waals surface area contributed by atoms with Gasteiger partial charge >= 0.3 is 0 Å². The van der Waals surface area contributed by atoms with Gasteiger partial charge < -0.3 is 5.11 Å². The van der Waals surface area contributed by atoms with Crippen LogP contribution < -0.4 is 0 Å². The minimum absolute atomic E-state index is 0.291. The molecular weight excluding hydrogens is 136 g/mol. The van der Waals surface area contributed by atoms with Crippen molar-refractivity contribution in [1.82, 2.24) is 0 Å². The molecule has 0 unspecified atom stereocenters. The van der Waals surface area contributed by atoms with Crippen molar-refractivity contribution in [2.45, 2.75) is 25.7 Å². The summed E-state index contributed by atoms with van der Waals surface area (Å²) in [4.78, 5) is 0. The van der Waals surface area contributed by atoms with Gasteiger partial charge in [-0.15, -0.1) is 0 Å². The molecule has 1 rings (SSSR count). The average molecular weight is 152 g/mol. The summed E-state index contributed by atoms with van der Waals surface area (Å²) in [6.07, 6.45) is 8.61. The Kier molecular flexibility index (Phi) is 3.37. The zero-order chi connectivity index (χ0) is 8.10. The van der Waals surface area contributed by atoms with Crippen LogP contribution in [0.1, 0.15) is 25.7 Å². The molecule has 0 saturated carbocycles. The summed E-state index contributed by atoms with van der Waals surface area (Å²) in [5.74, 6) is 0.668. The maximum Gasteiger partial charge on any atom is 0.0434 e. The minimum Gasteiger partial charge on any atom is -0.396 e. The van der Waals surface area contributed by atoms with Gasteiger partial charge in [0.1, 0.15) is 0 Å². The van der Waals surface area contributed by atoms with Gasteiger partial charge in [0.25, 0.3) is 0 Å². The summed E-state index contributed by atoms with van der Waals surface area (Å²) < 4.78 is 0. The van der Waals surface area contributed by atoms with E-state index in [0.29, 0.717) is 12.5 Å². The van der Waals surface area contributed by atoms with Crippen LogP contribution in [-0.2, 0) is 0 Å². The van der Waals surface area contributed by atoms with E-state index < -0.39 is 0 Å².